The first-order valence-corrected chi connectivity index (χ1v) is 6.81. The van der Waals surface area contributed by atoms with Gasteiger partial charge in [-0.3, -0.25) is 9.59 Å². The molecule has 1 heterocycles. The van der Waals surface area contributed by atoms with Gasteiger partial charge in [0, 0.05) is 25.0 Å². The molecule has 0 aliphatic carbocycles. The van der Waals surface area contributed by atoms with E-state index in [2.05, 4.69) is 21.2 Å². The van der Waals surface area contributed by atoms with Crippen LogP contribution >= 0.6 is 15.9 Å². The van der Waals surface area contributed by atoms with E-state index in [4.69, 9.17) is 0 Å². The lowest BCUT2D eigenvalue weighted by molar-refractivity contribution is -0.129. The van der Waals surface area contributed by atoms with E-state index in [1.165, 1.54) is 0 Å². The number of hydrogen-bond donors (Lipinski definition) is 1. The van der Waals surface area contributed by atoms with Crippen molar-refractivity contribution in [2.75, 3.05) is 18.4 Å². The molecule has 92 valence electrons. The lowest BCUT2D eigenvalue weighted by Crippen LogP contribution is -2.47. The van der Waals surface area contributed by atoms with E-state index < -0.39 is 0 Å². The van der Waals surface area contributed by atoms with Gasteiger partial charge in [0.25, 0.3) is 0 Å². The quantitative estimate of drug-likeness (QED) is 0.793. The lowest BCUT2D eigenvalue weighted by atomic mass is 10.0. The van der Waals surface area contributed by atoms with E-state index in [1.807, 2.05) is 18.7 Å². The zero-order valence-electron chi connectivity index (χ0n) is 9.83. The number of likely N-dealkylation sites (tertiary alicyclic amines) is 1. The zero-order valence-corrected chi connectivity index (χ0v) is 11.4. The van der Waals surface area contributed by atoms with Crippen LogP contribution in [0.5, 0.6) is 0 Å². The van der Waals surface area contributed by atoms with Crippen molar-refractivity contribution in [3.05, 3.63) is 0 Å². The van der Waals surface area contributed by atoms with Gasteiger partial charge < -0.3 is 10.2 Å². The van der Waals surface area contributed by atoms with Crippen LogP contribution in [0.25, 0.3) is 0 Å². The molecule has 0 aromatic rings. The fourth-order valence-electron chi connectivity index (χ4n) is 1.73. The third-order valence-electron chi connectivity index (χ3n) is 2.83. The molecular weight excluding hydrogens is 272 g/mol. The molecule has 1 N–H and O–H groups in total. The van der Waals surface area contributed by atoms with Crippen LogP contribution in [-0.2, 0) is 9.59 Å². The van der Waals surface area contributed by atoms with Gasteiger partial charge in [0.2, 0.25) is 11.8 Å². The normalized spacial score (nSPS) is 17.6. The molecule has 1 aliphatic heterocycles. The fraction of sp³-hybridized carbons (Fsp3) is 0.818. The summed E-state index contributed by atoms with van der Waals surface area (Å²) in [5, 5.41) is 3.39. The molecule has 0 aromatic carbocycles. The summed E-state index contributed by atoms with van der Waals surface area (Å²) in [6.45, 7) is 5.26. The van der Waals surface area contributed by atoms with Crippen LogP contribution in [0.3, 0.4) is 0 Å². The van der Waals surface area contributed by atoms with Crippen molar-refractivity contribution in [1.82, 2.24) is 10.2 Å². The summed E-state index contributed by atoms with van der Waals surface area (Å²) in [6, 6.07) is 0.231. The minimum absolute atomic E-state index is 0.0298. The molecule has 0 atom stereocenters. The molecule has 4 nitrogen and oxygen atoms in total. The molecule has 0 spiro atoms. The van der Waals surface area contributed by atoms with Gasteiger partial charge in [-0.05, 0) is 12.8 Å². The number of piperidine rings is 1. The Morgan fingerprint density at radius 3 is 2.38 bits per heavy atom. The summed E-state index contributed by atoms with van der Waals surface area (Å²) in [7, 11) is 0. The van der Waals surface area contributed by atoms with E-state index >= 15 is 0 Å². The lowest BCUT2D eigenvalue weighted by Gasteiger charge is -2.32. The number of carbonyl (C=O) groups is 2. The standard InChI is InChI=1S/C11H19BrN2O2/c1-8(2)11(16)13-9-3-5-14(6-4-9)10(15)7-12/h8-9H,3-7H2,1-2H3,(H,13,16). The minimum Gasteiger partial charge on any atom is -0.353 e. The Morgan fingerprint density at radius 2 is 1.94 bits per heavy atom. The predicted molar refractivity (Wildman–Crippen MR) is 66.4 cm³/mol. The number of nitrogens with zero attached hydrogens (tertiary/aromatic N) is 1. The highest BCUT2D eigenvalue weighted by Gasteiger charge is 2.23. The molecule has 5 heteroatoms. The van der Waals surface area contributed by atoms with Crippen molar-refractivity contribution in [3.63, 3.8) is 0 Å². The summed E-state index contributed by atoms with van der Waals surface area (Å²) in [5.74, 6) is 0.265. The Morgan fingerprint density at radius 1 is 1.38 bits per heavy atom. The molecule has 0 bridgehead atoms. The maximum Gasteiger partial charge on any atom is 0.233 e. The van der Waals surface area contributed by atoms with Gasteiger partial charge in [0.05, 0.1) is 5.33 Å². The molecular formula is C11H19BrN2O2. The van der Waals surface area contributed by atoms with Crippen molar-refractivity contribution in [2.24, 2.45) is 5.92 Å². The molecule has 16 heavy (non-hydrogen) atoms. The fourth-order valence-corrected chi connectivity index (χ4v) is 2.08. The first-order valence-electron chi connectivity index (χ1n) is 5.68. The second kappa shape index (κ2) is 6.23. The Bertz CT molecular complexity index is 261. The number of alkyl halides is 1. The van der Waals surface area contributed by atoms with E-state index in [0.29, 0.717) is 5.33 Å². The molecule has 0 saturated carbocycles. The Balaban J connectivity index is 2.32. The number of halogens is 1. The van der Waals surface area contributed by atoms with E-state index in [9.17, 15) is 9.59 Å². The average molecular weight is 291 g/mol. The van der Waals surface area contributed by atoms with Crippen LogP contribution in [0.2, 0.25) is 0 Å². The SMILES string of the molecule is CC(C)C(=O)NC1CCN(C(=O)CBr)CC1. The monoisotopic (exact) mass is 290 g/mol. The van der Waals surface area contributed by atoms with Crippen molar-refractivity contribution >= 4 is 27.7 Å². The number of hydrogen-bond acceptors (Lipinski definition) is 2. The largest absolute Gasteiger partial charge is 0.353 e. The van der Waals surface area contributed by atoms with Crippen molar-refractivity contribution in [2.45, 2.75) is 32.7 Å². The molecule has 0 aromatic heterocycles. The maximum absolute atomic E-state index is 11.5. The highest BCUT2D eigenvalue weighted by Crippen LogP contribution is 2.11. The number of carbonyl (C=O) groups excluding carboxylic acids is 2. The summed E-state index contributed by atoms with van der Waals surface area (Å²) in [4.78, 5) is 24.7. The Labute approximate surface area is 105 Å². The van der Waals surface area contributed by atoms with Crippen molar-refractivity contribution < 1.29 is 9.59 Å². The molecule has 2 amide bonds. The van der Waals surface area contributed by atoms with Crippen LogP contribution in [0.1, 0.15) is 26.7 Å². The minimum atomic E-state index is 0.0298. The second-order valence-electron chi connectivity index (χ2n) is 4.45. The second-order valence-corrected chi connectivity index (χ2v) is 5.01. The number of nitrogens with one attached hydrogen (secondary N) is 1. The third kappa shape index (κ3) is 3.77. The highest BCUT2D eigenvalue weighted by atomic mass is 79.9. The Kier molecular flexibility index (Phi) is 5.25. The summed E-state index contributed by atoms with van der Waals surface area (Å²) < 4.78 is 0. The van der Waals surface area contributed by atoms with Crippen LogP contribution in [-0.4, -0.2) is 41.2 Å². The zero-order chi connectivity index (χ0) is 12.1. The van der Waals surface area contributed by atoms with Crippen LogP contribution in [0.4, 0.5) is 0 Å². The molecule has 1 rings (SSSR count). The van der Waals surface area contributed by atoms with Gasteiger partial charge in [-0.2, -0.15) is 0 Å². The number of rotatable bonds is 3. The first kappa shape index (κ1) is 13.5. The van der Waals surface area contributed by atoms with Gasteiger partial charge in [0.15, 0.2) is 0 Å². The highest BCUT2D eigenvalue weighted by molar-refractivity contribution is 9.09. The smallest absolute Gasteiger partial charge is 0.233 e. The van der Waals surface area contributed by atoms with Crippen LogP contribution in [0.15, 0.2) is 0 Å². The summed E-state index contributed by atoms with van der Waals surface area (Å²) >= 11 is 3.16. The summed E-state index contributed by atoms with van der Waals surface area (Å²) in [6.07, 6.45) is 1.72. The van der Waals surface area contributed by atoms with Gasteiger partial charge in [-0.15, -0.1) is 0 Å². The summed E-state index contributed by atoms with van der Waals surface area (Å²) in [5.41, 5.74) is 0. The molecule has 1 saturated heterocycles. The predicted octanol–water partition coefficient (Wildman–Crippen LogP) is 1.14. The van der Waals surface area contributed by atoms with Gasteiger partial charge in [0.1, 0.15) is 0 Å². The van der Waals surface area contributed by atoms with E-state index in [0.717, 1.165) is 25.9 Å². The van der Waals surface area contributed by atoms with Gasteiger partial charge in [-0.1, -0.05) is 29.8 Å². The van der Waals surface area contributed by atoms with Gasteiger partial charge in [-0.25, -0.2) is 0 Å². The third-order valence-corrected chi connectivity index (χ3v) is 3.31. The van der Waals surface area contributed by atoms with Crippen molar-refractivity contribution in [3.8, 4) is 0 Å². The number of amides is 2. The van der Waals surface area contributed by atoms with Crippen LogP contribution < -0.4 is 5.32 Å². The Hall–Kier alpha value is -0.580. The van der Waals surface area contributed by atoms with Crippen molar-refractivity contribution in [1.29, 1.82) is 0 Å². The molecule has 0 radical (unpaired) electrons. The molecule has 1 fully saturated rings. The molecule has 0 unspecified atom stereocenters. The topological polar surface area (TPSA) is 49.4 Å². The van der Waals surface area contributed by atoms with Crippen LogP contribution in [0, 0.1) is 5.92 Å². The average Bonchev–Trinajstić information content (AvgIpc) is 2.28. The van der Waals surface area contributed by atoms with E-state index in [-0.39, 0.29) is 23.8 Å². The van der Waals surface area contributed by atoms with Gasteiger partial charge >= 0.3 is 0 Å². The molecule has 1 aliphatic rings. The van der Waals surface area contributed by atoms with E-state index in [1.54, 1.807) is 0 Å². The maximum atomic E-state index is 11.5. The first-order chi connectivity index (χ1) is 7.54.